The van der Waals surface area contributed by atoms with E-state index in [1.54, 1.807) is 11.8 Å². The quantitative estimate of drug-likeness (QED) is 0.904. The molecule has 0 bridgehead atoms. The van der Waals surface area contributed by atoms with Crippen molar-refractivity contribution >= 4 is 17.7 Å². The van der Waals surface area contributed by atoms with E-state index in [0.717, 1.165) is 44.4 Å². The molecular weight excluding hydrogens is 274 g/mol. The van der Waals surface area contributed by atoms with Crippen LogP contribution in [0.15, 0.2) is 4.52 Å². The van der Waals surface area contributed by atoms with Crippen LogP contribution in [0, 0.1) is 0 Å². The van der Waals surface area contributed by atoms with E-state index < -0.39 is 5.54 Å². The fourth-order valence-electron chi connectivity index (χ4n) is 2.75. The van der Waals surface area contributed by atoms with Crippen molar-refractivity contribution in [3.63, 3.8) is 0 Å². The molecule has 0 spiro atoms. The maximum absolute atomic E-state index is 12.2. The van der Waals surface area contributed by atoms with E-state index >= 15 is 0 Å². The number of hydrogen-bond donors (Lipinski definition) is 1. The minimum Gasteiger partial charge on any atom is -0.342 e. The number of amides is 1. The van der Waals surface area contributed by atoms with Crippen LogP contribution in [0.5, 0.6) is 0 Å². The summed E-state index contributed by atoms with van der Waals surface area (Å²) in [5.74, 6) is 1.95. The summed E-state index contributed by atoms with van der Waals surface area (Å²) in [4.78, 5) is 16.8. The van der Waals surface area contributed by atoms with Gasteiger partial charge in [0.05, 0.1) is 5.25 Å². The summed E-state index contributed by atoms with van der Waals surface area (Å²) >= 11 is 1.55. The first-order chi connectivity index (χ1) is 9.64. The van der Waals surface area contributed by atoms with Crippen LogP contribution in [-0.4, -0.2) is 27.6 Å². The molecule has 2 saturated carbocycles. The predicted octanol–water partition coefficient (Wildman–Crippen LogP) is 2.58. The molecule has 2 fully saturated rings. The van der Waals surface area contributed by atoms with Crippen LogP contribution in [-0.2, 0) is 10.3 Å². The van der Waals surface area contributed by atoms with Crippen LogP contribution in [0.4, 0.5) is 0 Å². The minimum absolute atomic E-state index is 0.0534. The smallest absolute Gasteiger partial charge is 0.233 e. The number of nitrogens with zero attached hydrogens (tertiary/aromatic N) is 2. The first-order valence-corrected chi connectivity index (χ1v) is 8.62. The van der Waals surface area contributed by atoms with Crippen LogP contribution < -0.4 is 5.32 Å². The first kappa shape index (κ1) is 13.9. The fourth-order valence-corrected chi connectivity index (χ4v) is 3.03. The minimum atomic E-state index is -0.405. The Morgan fingerprint density at radius 2 is 2.15 bits per heavy atom. The van der Waals surface area contributed by atoms with Crippen molar-refractivity contribution in [3.8, 4) is 0 Å². The van der Waals surface area contributed by atoms with E-state index in [2.05, 4.69) is 15.5 Å². The third-order valence-corrected chi connectivity index (χ3v) is 5.26. The van der Waals surface area contributed by atoms with Crippen LogP contribution in [0.3, 0.4) is 0 Å². The van der Waals surface area contributed by atoms with Crippen molar-refractivity contribution in [1.82, 2.24) is 15.5 Å². The van der Waals surface area contributed by atoms with Gasteiger partial charge in [-0.25, -0.2) is 0 Å². The molecule has 6 heteroatoms. The van der Waals surface area contributed by atoms with Gasteiger partial charge in [0.1, 0.15) is 5.54 Å². The molecule has 5 nitrogen and oxygen atoms in total. The van der Waals surface area contributed by atoms with Crippen LogP contribution in [0.2, 0.25) is 0 Å². The molecule has 3 rings (SSSR count). The Bertz CT molecular complexity index is 492. The molecule has 1 N–H and O–H groups in total. The van der Waals surface area contributed by atoms with Gasteiger partial charge >= 0.3 is 0 Å². The van der Waals surface area contributed by atoms with Crippen molar-refractivity contribution in [2.24, 2.45) is 0 Å². The molecule has 1 aromatic heterocycles. The molecule has 1 amide bonds. The van der Waals surface area contributed by atoms with E-state index in [4.69, 9.17) is 4.52 Å². The normalized spacial score (nSPS) is 22.7. The highest BCUT2D eigenvalue weighted by Crippen LogP contribution is 2.42. The topological polar surface area (TPSA) is 68.0 Å². The largest absolute Gasteiger partial charge is 0.342 e. The molecule has 20 heavy (non-hydrogen) atoms. The van der Waals surface area contributed by atoms with Crippen molar-refractivity contribution < 1.29 is 9.32 Å². The number of thioether (sulfide) groups is 1. The molecule has 2 aliphatic carbocycles. The zero-order valence-electron chi connectivity index (χ0n) is 12.0. The molecule has 1 aromatic rings. The van der Waals surface area contributed by atoms with Gasteiger partial charge in [0, 0.05) is 5.92 Å². The number of nitrogens with one attached hydrogen (secondary N) is 1. The Labute approximate surface area is 123 Å². The number of carbonyl (C=O) groups is 1. The van der Waals surface area contributed by atoms with E-state index in [1.807, 2.05) is 13.2 Å². The maximum atomic E-state index is 12.2. The zero-order chi connectivity index (χ0) is 14.2. The number of carbonyl (C=O) groups excluding carboxylic acids is 1. The Hall–Kier alpha value is -1.04. The summed E-state index contributed by atoms with van der Waals surface area (Å²) < 4.78 is 5.38. The Morgan fingerprint density at radius 1 is 1.45 bits per heavy atom. The molecule has 0 aliphatic heterocycles. The molecule has 0 radical (unpaired) electrons. The summed E-state index contributed by atoms with van der Waals surface area (Å²) in [5, 5.41) is 7.30. The van der Waals surface area contributed by atoms with Crippen molar-refractivity contribution in [3.05, 3.63) is 11.7 Å². The number of rotatable bonds is 5. The predicted molar refractivity (Wildman–Crippen MR) is 77.5 cm³/mol. The standard InChI is InChI=1S/C14H21N3O2S/c1-9(20-2)11(18)16-14(7-3-4-8-14)13-15-12(19-17-13)10-5-6-10/h9-10H,3-8H2,1-2H3,(H,16,18)/t9-/m0/s1. The molecule has 2 aliphatic rings. The van der Waals surface area contributed by atoms with E-state index in [-0.39, 0.29) is 11.2 Å². The highest BCUT2D eigenvalue weighted by atomic mass is 32.2. The van der Waals surface area contributed by atoms with E-state index in [9.17, 15) is 4.79 Å². The zero-order valence-corrected chi connectivity index (χ0v) is 12.8. The van der Waals surface area contributed by atoms with Gasteiger partial charge in [-0.05, 0) is 38.9 Å². The van der Waals surface area contributed by atoms with Gasteiger partial charge < -0.3 is 9.84 Å². The highest BCUT2D eigenvalue weighted by molar-refractivity contribution is 7.99. The van der Waals surface area contributed by atoms with Gasteiger partial charge in [-0.3, -0.25) is 4.79 Å². The lowest BCUT2D eigenvalue weighted by atomic mass is 9.96. The second kappa shape index (κ2) is 5.39. The molecule has 0 aromatic carbocycles. The third kappa shape index (κ3) is 2.57. The molecule has 0 saturated heterocycles. The SMILES string of the molecule is CS[C@@H](C)C(=O)NC1(c2noc(C3CC3)n2)CCCC1. The average molecular weight is 295 g/mol. The van der Waals surface area contributed by atoms with Crippen LogP contribution in [0.1, 0.15) is 63.1 Å². The van der Waals surface area contributed by atoms with Crippen molar-refractivity contribution in [2.45, 2.75) is 62.2 Å². The summed E-state index contributed by atoms with van der Waals surface area (Å²) in [6.07, 6.45) is 8.25. The maximum Gasteiger partial charge on any atom is 0.233 e. The van der Waals surface area contributed by atoms with Crippen molar-refractivity contribution in [1.29, 1.82) is 0 Å². The molecule has 110 valence electrons. The number of hydrogen-bond acceptors (Lipinski definition) is 5. The fraction of sp³-hybridized carbons (Fsp3) is 0.786. The van der Waals surface area contributed by atoms with E-state index in [1.165, 1.54) is 0 Å². The second-order valence-electron chi connectivity index (χ2n) is 5.89. The van der Waals surface area contributed by atoms with Gasteiger partial charge in [-0.2, -0.15) is 16.7 Å². The van der Waals surface area contributed by atoms with Gasteiger partial charge in [0.15, 0.2) is 5.82 Å². The van der Waals surface area contributed by atoms with E-state index in [0.29, 0.717) is 11.7 Å². The van der Waals surface area contributed by atoms with Crippen LogP contribution in [0.25, 0.3) is 0 Å². The van der Waals surface area contributed by atoms with Crippen LogP contribution >= 0.6 is 11.8 Å². The second-order valence-corrected chi connectivity index (χ2v) is 7.07. The van der Waals surface area contributed by atoms with Gasteiger partial charge in [-0.15, -0.1) is 0 Å². The Balaban J connectivity index is 1.80. The lowest BCUT2D eigenvalue weighted by Gasteiger charge is -2.28. The lowest BCUT2D eigenvalue weighted by molar-refractivity contribution is -0.122. The monoisotopic (exact) mass is 295 g/mol. The summed E-state index contributed by atoms with van der Waals surface area (Å²) in [7, 11) is 0. The first-order valence-electron chi connectivity index (χ1n) is 7.33. The molecule has 0 unspecified atom stereocenters. The third-order valence-electron chi connectivity index (χ3n) is 4.34. The van der Waals surface area contributed by atoms with Crippen molar-refractivity contribution in [2.75, 3.05) is 6.26 Å². The Kier molecular flexibility index (Phi) is 3.75. The summed E-state index contributed by atoms with van der Waals surface area (Å²) in [6, 6.07) is 0. The summed E-state index contributed by atoms with van der Waals surface area (Å²) in [5.41, 5.74) is -0.405. The van der Waals surface area contributed by atoms with Gasteiger partial charge in [-0.1, -0.05) is 18.0 Å². The lowest BCUT2D eigenvalue weighted by Crippen LogP contribution is -2.47. The molecule has 1 atom stereocenters. The van der Waals surface area contributed by atoms with Gasteiger partial charge in [0.2, 0.25) is 11.8 Å². The average Bonchev–Trinajstić information content (AvgIpc) is 3.00. The van der Waals surface area contributed by atoms with Gasteiger partial charge in [0.25, 0.3) is 0 Å². The molecular formula is C14H21N3O2S. The highest BCUT2D eigenvalue weighted by Gasteiger charge is 2.43. The Morgan fingerprint density at radius 3 is 2.75 bits per heavy atom. The number of aromatic nitrogens is 2. The molecule has 1 heterocycles. The summed E-state index contributed by atoms with van der Waals surface area (Å²) in [6.45, 7) is 1.93.